The van der Waals surface area contributed by atoms with E-state index in [2.05, 4.69) is 229 Å². The summed E-state index contributed by atoms with van der Waals surface area (Å²) in [6.45, 7) is 0. The summed E-state index contributed by atoms with van der Waals surface area (Å²) in [5.74, 6) is 0. The van der Waals surface area contributed by atoms with E-state index < -0.39 is 0 Å². The molecule has 0 aliphatic heterocycles. The van der Waals surface area contributed by atoms with E-state index in [0.717, 1.165) is 5.69 Å². The minimum absolute atomic E-state index is 1.15. The van der Waals surface area contributed by atoms with Gasteiger partial charge in [-0.3, -0.25) is 0 Å². The molecule has 0 aliphatic rings. The summed E-state index contributed by atoms with van der Waals surface area (Å²) in [5, 5.41) is 12.7. The van der Waals surface area contributed by atoms with Crippen molar-refractivity contribution in [2.45, 2.75) is 0 Å². The summed E-state index contributed by atoms with van der Waals surface area (Å²) in [7, 11) is 0. The second kappa shape index (κ2) is 13.4. The van der Waals surface area contributed by atoms with Crippen molar-refractivity contribution in [2.75, 3.05) is 0 Å². The Morgan fingerprint density at radius 1 is 0.254 bits per heavy atom. The zero-order chi connectivity index (χ0) is 38.9. The van der Waals surface area contributed by atoms with Crippen molar-refractivity contribution in [3.63, 3.8) is 0 Å². The van der Waals surface area contributed by atoms with Crippen LogP contribution in [0.1, 0.15) is 0 Å². The van der Waals surface area contributed by atoms with Crippen LogP contribution in [0.15, 0.2) is 224 Å². The minimum atomic E-state index is 1.15. The van der Waals surface area contributed by atoms with Gasteiger partial charge in [0, 0.05) is 16.5 Å². The van der Waals surface area contributed by atoms with E-state index in [1.54, 1.807) is 0 Å². The first-order chi connectivity index (χ1) is 29.3. The van der Waals surface area contributed by atoms with Crippen LogP contribution in [-0.2, 0) is 0 Å². The lowest BCUT2D eigenvalue weighted by Crippen LogP contribution is -1.94. The topological polar surface area (TPSA) is 4.93 Å². The third-order valence-electron chi connectivity index (χ3n) is 12.4. The van der Waals surface area contributed by atoms with E-state index in [1.165, 1.54) is 109 Å². The Hall–Kier alpha value is -7.74. The van der Waals surface area contributed by atoms with Crippen molar-refractivity contribution in [1.82, 2.24) is 4.57 Å². The molecular weight excluding hydrogens is 711 g/mol. The van der Waals surface area contributed by atoms with Crippen LogP contribution in [0.3, 0.4) is 0 Å². The molecule has 12 rings (SSSR count). The van der Waals surface area contributed by atoms with Gasteiger partial charge in [-0.05, 0) is 112 Å². The van der Waals surface area contributed by atoms with Gasteiger partial charge in [0.15, 0.2) is 0 Å². The molecule has 0 bridgehead atoms. The van der Waals surface area contributed by atoms with Gasteiger partial charge < -0.3 is 4.57 Å². The van der Waals surface area contributed by atoms with Gasteiger partial charge in [0.1, 0.15) is 0 Å². The van der Waals surface area contributed by atoms with Crippen molar-refractivity contribution >= 4 is 64.9 Å². The summed E-state index contributed by atoms with van der Waals surface area (Å²) in [4.78, 5) is 0. The lowest BCUT2D eigenvalue weighted by atomic mass is 9.86. The zero-order valence-electron chi connectivity index (χ0n) is 32.3. The molecule has 1 nitrogen and oxygen atoms in total. The molecule has 0 unspecified atom stereocenters. The number of hydrogen-bond donors (Lipinski definition) is 0. The number of nitrogens with zero attached hydrogens (tertiary/aromatic N) is 1. The van der Waals surface area contributed by atoms with Crippen LogP contribution in [0.25, 0.3) is 115 Å². The molecule has 59 heavy (non-hydrogen) atoms. The average molecular weight is 748 g/mol. The molecule has 0 spiro atoms. The molecule has 12 aromatic rings. The van der Waals surface area contributed by atoms with Gasteiger partial charge in [0.2, 0.25) is 0 Å². The van der Waals surface area contributed by atoms with Crippen LogP contribution < -0.4 is 0 Å². The summed E-state index contributed by atoms with van der Waals surface area (Å²) in [6.07, 6.45) is 0. The van der Waals surface area contributed by atoms with E-state index in [-0.39, 0.29) is 0 Å². The standard InChI is InChI=1S/C58H37N/c1-2-15-42(16-3-1)56-49-20-8-10-22-51(49)57(52-23-11-9-21-50(52)56)43-27-25-38(26-28-43)39-29-33-45(34-30-39)59-54-36-32-41-14-5-7-19-48(41)58(54)53-35-31-44(37-55(53)59)47-24-12-17-40-13-4-6-18-46(40)47/h1-37H. The fraction of sp³-hybridized carbons (Fsp3) is 0. The Kier molecular flexibility index (Phi) is 7.61. The van der Waals surface area contributed by atoms with Gasteiger partial charge in [-0.2, -0.15) is 0 Å². The monoisotopic (exact) mass is 747 g/mol. The first kappa shape index (κ1) is 33.4. The molecule has 1 aromatic heterocycles. The predicted molar refractivity (Wildman–Crippen MR) is 253 cm³/mol. The van der Waals surface area contributed by atoms with Crippen LogP contribution in [0.2, 0.25) is 0 Å². The van der Waals surface area contributed by atoms with Crippen molar-refractivity contribution in [3.05, 3.63) is 224 Å². The second-order valence-electron chi connectivity index (χ2n) is 15.6. The summed E-state index contributed by atoms with van der Waals surface area (Å²) in [6, 6.07) is 82.4. The number of rotatable bonds is 5. The maximum atomic E-state index is 2.45. The van der Waals surface area contributed by atoms with Crippen LogP contribution in [0, 0.1) is 0 Å². The molecule has 0 saturated heterocycles. The van der Waals surface area contributed by atoms with Crippen molar-refractivity contribution < 1.29 is 0 Å². The quantitative estimate of drug-likeness (QED) is 0.155. The third-order valence-corrected chi connectivity index (χ3v) is 12.4. The van der Waals surface area contributed by atoms with Gasteiger partial charge >= 0.3 is 0 Å². The van der Waals surface area contributed by atoms with Gasteiger partial charge in [0.25, 0.3) is 0 Å². The maximum absolute atomic E-state index is 2.45. The Bertz CT molecular complexity index is 3510. The van der Waals surface area contributed by atoms with Gasteiger partial charge in [-0.1, -0.05) is 200 Å². The molecule has 11 aromatic carbocycles. The highest BCUT2D eigenvalue weighted by Gasteiger charge is 2.18. The normalized spacial score (nSPS) is 11.7. The minimum Gasteiger partial charge on any atom is -0.309 e. The molecule has 0 aliphatic carbocycles. The Morgan fingerprint density at radius 3 is 1.37 bits per heavy atom. The summed E-state index contributed by atoms with van der Waals surface area (Å²) >= 11 is 0. The highest BCUT2D eigenvalue weighted by Crippen LogP contribution is 2.44. The molecule has 1 heteroatoms. The molecule has 0 N–H and O–H groups in total. The molecule has 0 amide bonds. The number of hydrogen-bond acceptors (Lipinski definition) is 0. The van der Waals surface area contributed by atoms with E-state index in [0.29, 0.717) is 0 Å². The van der Waals surface area contributed by atoms with Gasteiger partial charge in [0.05, 0.1) is 11.0 Å². The third kappa shape index (κ3) is 5.33. The van der Waals surface area contributed by atoms with Gasteiger partial charge in [-0.25, -0.2) is 0 Å². The van der Waals surface area contributed by atoms with E-state index in [1.807, 2.05) is 0 Å². The summed E-state index contributed by atoms with van der Waals surface area (Å²) < 4.78 is 2.45. The second-order valence-corrected chi connectivity index (χ2v) is 15.6. The molecule has 1 heterocycles. The SMILES string of the molecule is c1ccc(-c2c3ccccc3c(-c3ccc(-c4ccc(-n5c6cc(-c7cccc8ccccc78)ccc6c6c7ccccc7ccc65)cc4)cc3)c3ccccc23)cc1. The van der Waals surface area contributed by atoms with Crippen LogP contribution in [-0.4, -0.2) is 4.57 Å². The van der Waals surface area contributed by atoms with Gasteiger partial charge in [-0.15, -0.1) is 0 Å². The van der Waals surface area contributed by atoms with Crippen molar-refractivity contribution in [2.24, 2.45) is 0 Å². The fourth-order valence-corrected chi connectivity index (χ4v) is 9.70. The fourth-order valence-electron chi connectivity index (χ4n) is 9.70. The lowest BCUT2D eigenvalue weighted by Gasteiger charge is -2.18. The van der Waals surface area contributed by atoms with Crippen LogP contribution in [0.4, 0.5) is 0 Å². The maximum Gasteiger partial charge on any atom is 0.0547 e. The molecule has 0 saturated carbocycles. The highest BCUT2D eigenvalue weighted by molar-refractivity contribution is 6.23. The predicted octanol–water partition coefficient (Wildman–Crippen LogP) is 16.1. The average Bonchev–Trinajstić information content (AvgIpc) is 3.65. The molecule has 0 fully saturated rings. The van der Waals surface area contributed by atoms with Crippen molar-refractivity contribution in [3.8, 4) is 50.2 Å². The van der Waals surface area contributed by atoms with E-state index >= 15 is 0 Å². The first-order valence-electron chi connectivity index (χ1n) is 20.4. The smallest absolute Gasteiger partial charge is 0.0547 e. The zero-order valence-corrected chi connectivity index (χ0v) is 32.3. The highest BCUT2D eigenvalue weighted by atomic mass is 15.0. The molecule has 0 radical (unpaired) electrons. The van der Waals surface area contributed by atoms with E-state index in [4.69, 9.17) is 0 Å². The number of fused-ring (bicyclic) bond motifs is 8. The molecule has 0 atom stereocenters. The summed E-state index contributed by atoms with van der Waals surface area (Å²) in [5.41, 5.74) is 13.4. The largest absolute Gasteiger partial charge is 0.309 e. The Labute approximate surface area is 342 Å². The number of aromatic nitrogens is 1. The van der Waals surface area contributed by atoms with Crippen LogP contribution >= 0.6 is 0 Å². The number of benzene rings is 11. The molecule has 274 valence electrons. The van der Waals surface area contributed by atoms with E-state index in [9.17, 15) is 0 Å². The molecular formula is C58H37N. The lowest BCUT2D eigenvalue weighted by molar-refractivity contribution is 1.18. The Morgan fingerprint density at radius 2 is 0.729 bits per heavy atom. The Balaban J connectivity index is 0.975. The van der Waals surface area contributed by atoms with Crippen molar-refractivity contribution in [1.29, 1.82) is 0 Å². The first-order valence-corrected chi connectivity index (χ1v) is 20.4. The van der Waals surface area contributed by atoms with Crippen LogP contribution in [0.5, 0.6) is 0 Å².